The Balaban J connectivity index is 2.12. The lowest BCUT2D eigenvalue weighted by atomic mass is 10.1. The van der Waals surface area contributed by atoms with Gasteiger partial charge < -0.3 is 5.11 Å². The minimum Gasteiger partial charge on any atom is -0.395 e. The molecule has 3 nitrogen and oxygen atoms in total. The van der Waals surface area contributed by atoms with E-state index in [1.54, 1.807) is 17.8 Å². The van der Waals surface area contributed by atoms with Gasteiger partial charge in [-0.05, 0) is 36.2 Å². The van der Waals surface area contributed by atoms with Crippen molar-refractivity contribution in [3.63, 3.8) is 0 Å². The van der Waals surface area contributed by atoms with Crippen LogP contribution >= 0.6 is 23.3 Å². The van der Waals surface area contributed by atoms with E-state index in [2.05, 4.69) is 21.2 Å². The van der Waals surface area contributed by atoms with Gasteiger partial charge in [0.2, 0.25) is 0 Å². The maximum absolute atomic E-state index is 13.3. The van der Waals surface area contributed by atoms with Crippen LogP contribution in [0.5, 0.6) is 0 Å². The molecule has 0 saturated carbocycles. The van der Waals surface area contributed by atoms with Crippen LogP contribution in [0, 0.1) is 24.6 Å². The summed E-state index contributed by atoms with van der Waals surface area (Å²) in [5.41, 5.74) is 1.61. The molecule has 6 heteroatoms. The Morgan fingerprint density at radius 2 is 2.30 bits per heavy atom. The molecule has 0 atom stereocenters. The molecule has 20 heavy (non-hydrogen) atoms. The molecule has 0 fully saturated rings. The van der Waals surface area contributed by atoms with Crippen LogP contribution in [0.25, 0.3) is 0 Å². The van der Waals surface area contributed by atoms with E-state index in [0.717, 1.165) is 15.7 Å². The summed E-state index contributed by atoms with van der Waals surface area (Å²) >= 11 is 2.92. The molecule has 0 saturated heterocycles. The quantitative estimate of drug-likeness (QED) is 0.696. The number of hydrogen-bond donors (Lipinski definition) is 1. The van der Waals surface area contributed by atoms with E-state index in [9.17, 15) is 4.39 Å². The van der Waals surface area contributed by atoms with Gasteiger partial charge in [0.25, 0.3) is 0 Å². The normalized spacial score (nSPS) is 10.2. The van der Waals surface area contributed by atoms with Gasteiger partial charge in [-0.3, -0.25) is 0 Å². The first-order valence-corrected chi connectivity index (χ1v) is 7.76. The maximum atomic E-state index is 13.3. The number of halogens is 1. The van der Waals surface area contributed by atoms with Crippen LogP contribution in [-0.4, -0.2) is 21.1 Å². The number of nitrogens with zero attached hydrogens (tertiary/aromatic N) is 2. The molecule has 0 amide bonds. The van der Waals surface area contributed by atoms with E-state index < -0.39 is 0 Å². The predicted octanol–water partition coefficient (Wildman–Crippen LogP) is 3.01. The van der Waals surface area contributed by atoms with Crippen molar-refractivity contribution in [2.24, 2.45) is 0 Å². The largest absolute Gasteiger partial charge is 0.395 e. The summed E-state index contributed by atoms with van der Waals surface area (Å²) in [7, 11) is 0. The van der Waals surface area contributed by atoms with Crippen molar-refractivity contribution >= 4 is 23.3 Å². The molecule has 2 rings (SSSR count). The van der Waals surface area contributed by atoms with E-state index in [4.69, 9.17) is 5.11 Å². The fraction of sp³-hybridized carbons (Fsp3) is 0.286. The lowest BCUT2D eigenvalue weighted by Crippen LogP contribution is -1.90. The zero-order valence-corrected chi connectivity index (χ0v) is 12.5. The van der Waals surface area contributed by atoms with Crippen molar-refractivity contribution in [3.05, 3.63) is 41.0 Å². The van der Waals surface area contributed by atoms with Crippen molar-refractivity contribution < 1.29 is 9.50 Å². The lowest BCUT2D eigenvalue weighted by Gasteiger charge is -2.03. The number of aliphatic hydroxyl groups is 1. The second-order valence-corrected chi connectivity index (χ2v) is 5.95. The second kappa shape index (κ2) is 7.39. The summed E-state index contributed by atoms with van der Waals surface area (Å²) < 4.78 is 18.3. The zero-order chi connectivity index (χ0) is 14.4. The standard InChI is InChI=1S/C14H13FN2OS2/c1-10-16-14(20-17-10)19-9-12-5-6-13(15)8-11(12)4-2-3-7-18/h5-6,8,18H,3,7,9H2,1H3. The molecule has 0 spiro atoms. The van der Waals surface area contributed by atoms with Crippen LogP contribution in [0.1, 0.15) is 23.4 Å². The number of hydrogen-bond acceptors (Lipinski definition) is 5. The SMILES string of the molecule is Cc1nsc(SCc2ccc(F)cc2C#CCCO)n1. The molecule has 0 aliphatic carbocycles. The van der Waals surface area contributed by atoms with Crippen molar-refractivity contribution in [2.45, 2.75) is 23.4 Å². The van der Waals surface area contributed by atoms with Crippen LogP contribution < -0.4 is 0 Å². The fourth-order valence-electron chi connectivity index (χ4n) is 1.48. The Kier molecular flexibility index (Phi) is 5.53. The van der Waals surface area contributed by atoms with E-state index in [0.29, 0.717) is 17.7 Å². The summed E-state index contributed by atoms with van der Waals surface area (Å²) in [5, 5.41) is 8.73. The maximum Gasteiger partial charge on any atom is 0.170 e. The van der Waals surface area contributed by atoms with E-state index in [1.807, 2.05) is 6.92 Å². The van der Waals surface area contributed by atoms with Crippen LogP contribution in [0.2, 0.25) is 0 Å². The third-order valence-corrected chi connectivity index (χ3v) is 4.37. The van der Waals surface area contributed by atoms with Gasteiger partial charge in [-0.15, -0.1) is 0 Å². The van der Waals surface area contributed by atoms with E-state index in [1.165, 1.54) is 23.7 Å². The molecule has 0 unspecified atom stereocenters. The van der Waals surface area contributed by atoms with Crippen LogP contribution in [0.15, 0.2) is 22.5 Å². The lowest BCUT2D eigenvalue weighted by molar-refractivity contribution is 0.305. The molecule has 0 aliphatic heterocycles. The summed E-state index contributed by atoms with van der Waals surface area (Å²) in [5.74, 6) is 6.84. The highest BCUT2D eigenvalue weighted by atomic mass is 32.2. The Bertz CT molecular complexity index is 646. The number of benzene rings is 1. The number of thioether (sulfide) groups is 1. The molecule has 1 N–H and O–H groups in total. The van der Waals surface area contributed by atoms with Gasteiger partial charge in [-0.1, -0.05) is 29.7 Å². The van der Waals surface area contributed by atoms with E-state index in [-0.39, 0.29) is 12.4 Å². The fourth-order valence-corrected chi connectivity index (χ4v) is 3.13. The number of aromatic nitrogens is 2. The van der Waals surface area contributed by atoms with Crippen molar-refractivity contribution in [1.82, 2.24) is 9.36 Å². The first-order valence-electron chi connectivity index (χ1n) is 6.00. The Morgan fingerprint density at radius 3 is 3.00 bits per heavy atom. The number of rotatable bonds is 4. The highest BCUT2D eigenvalue weighted by Crippen LogP contribution is 2.25. The molecule has 0 radical (unpaired) electrons. The zero-order valence-electron chi connectivity index (χ0n) is 10.9. The van der Waals surface area contributed by atoms with Gasteiger partial charge in [-0.2, -0.15) is 4.37 Å². The summed E-state index contributed by atoms with van der Waals surface area (Å²) in [6.07, 6.45) is 0.388. The van der Waals surface area contributed by atoms with Gasteiger partial charge >= 0.3 is 0 Å². The summed E-state index contributed by atoms with van der Waals surface area (Å²) in [6.45, 7) is 1.86. The summed E-state index contributed by atoms with van der Waals surface area (Å²) in [6, 6.07) is 4.59. The van der Waals surface area contributed by atoms with Crippen molar-refractivity contribution in [2.75, 3.05) is 6.61 Å². The highest BCUT2D eigenvalue weighted by molar-refractivity contribution is 8.00. The van der Waals surface area contributed by atoms with E-state index >= 15 is 0 Å². The van der Waals surface area contributed by atoms with Gasteiger partial charge in [0.05, 0.1) is 6.61 Å². The average molecular weight is 308 g/mol. The topological polar surface area (TPSA) is 46.0 Å². The highest BCUT2D eigenvalue weighted by Gasteiger charge is 2.06. The second-order valence-electron chi connectivity index (χ2n) is 3.97. The molecular formula is C14H13FN2OS2. The Hall–Kier alpha value is -1.42. The van der Waals surface area contributed by atoms with Crippen LogP contribution in [-0.2, 0) is 5.75 Å². The van der Waals surface area contributed by atoms with Crippen LogP contribution in [0.3, 0.4) is 0 Å². The Labute approximate surface area is 125 Å². The molecular weight excluding hydrogens is 295 g/mol. The van der Waals surface area contributed by atoms with Crippen molar-refractivity contribution in [3.8, 4) is 11.8 Å². The van der Waals surface area contributed by atoms with Crippen LogP contribution in [0.4, 0.5) is 4.39 Å². The average Bonchev–Trinajstić information content (AvgIpc) is 2.84. The minimum absolute atomic E-state index is 0.0104. The first-order chi connectivity index (χ1) is 9.69. The summed E-state index contributed by atoms with van der Waals surface area (Å²) in [4.78, 5) is 4.28. The molecule has 0 aliphatic rings. The number of aryl methyl sites for hydroxylation is 1. The molecule has 1 aromatic heterocycles. The van der Waals surface area contributed by atoms with Crippen molar-refractivity contribution in [1.29, 1.82) is 0 Å². The smallest absolute Gasteiger partial charge is 0.170 e. The first kappa shape index (κ1) is 15.0. The van der Waals surface area contributed by atoms with Gasteiger partial charge in [0, 0.05) is 17.7 Å². The molecule has 0 bridgehead atoms. The third kappa shape index (κ3) is 4.30. The number of aliphatic hydroxyl groups excluding tert-OH is 1. The third-order valence-electron chi connectivity index (χ3n) is 2.39. The monoisotopic (exact) mass is 308 g/mol. The molecule has 104 valence electrons. The molecule has 1 heterocycles. The molecule has 1 aromatic carbocycles. The minimum atomic E-state index is -0.307. The van der Waals surface area contributed by atoms with Gasteiger partial charge in [0.15, 0.2) is 4.34 Å². The Morgan fingerprint density at radius 1 is 1.45 bits per heavy atom. The predicted molar refractivity (Wildman–Crippen MR) is 79.2 cm³/mol. The molecule has 2 aromatic rings. The van der Waals surface area contributed by atoms with Gasteiger partial charge in [0.1, 0.15) is 11.6 Å². The van der Waals surface area contributed by atoms with Gasteiger partial charge in [-0.25, -0.2) is 9.37 Å².